The molecule has 0 radical (unpaired) electrons. The lowest BCUT2D eigenvalue weighted by Gasteiger charge is -2.18. The van der Waals surface area contributed by atoms with Gasteiger partial charge in [-0.3, -0.25) is 4.79 Å². The van der Waals surface area contributed by atoms with Crippen molar-refractivity contribution in [3.05, 3.63) is 42.8 Å². The summed E-state index contributed by atoms with van der Waals surface area (Å²) in [6.45, 7) is 8.44. The van der Waals surface area contributed by atoms with Gasteiger partial charge >= 0.3 is 0 Å². The lowest BCUT2D eigenvalue weighted by atomic mass is 10.4. The highest BCUT2D eigenvalue weighted by Crippen LogP contribution is 2.23. The van der Waals surface area contributed by atoms with Crippen molar-refractivity contribution in [2.24, 2.45) is 0 Å². The van der Waals surface area contributed by atoms with Crippen molar-refractivity contribution in [2.75, 3.05) is 18.8 Å². The standard InChI is InChI=1S/C12H15NOS2/c1-3-7-13(8-4-2)11(14)10-16-12-6-5-9-15-12/h3-6,9H,1-2,7-8,10H2. The van der Waals surface area contributed by atoms with Gasteiger partial charge in [0.25, 0.3) is 0 Å². The number of rotatable bonds is 7. The number of nitrogens with zero attached hydrogens (tertiary/aromatic N) is 1. The van der Waals surface area contributed by atoms with Gasteiger partial charge in [-0.05, 0) is 11.4 Å². The molecule has 1 heterocycles. The van der Waals surface area contributed by atoms with E-state index in [9.17, 15) is 4.79 Å². The minimum Gasteiger partial charge on any atom is -0.335 e. The largest absolute Gasteiger partial charge is 0.335 e. The van der Waals surface area contributed by atoms with Crippen LogP contribution in [0, 0.1) is 0 Å². The van der Waals surface area contributed by atoms with E-state index in [4.69, 9.17) is 0 Å². The Kier molecular flexibility index (Phi) is 5.96. The van der Waals surface area contributed by atoms with Crippen LogP contribution in [0.2, 0.25) is 0 Å². The third kappa shape index (κ3) is 4.24. The Morgan fingerprint density at radius 1 is 1.44 bits per heavy atom. The summed E-state index contributed by atoms with van der Waals surface area (Å²) in [5.74, 6) is 0.598. The van der Waals surface area contributed by atoms with E-state index in [1.54, 1.807) is 40.2 Å². The van der Waals surface area contributed by atoms with Gasteiger partial charge in [0.1, 0.15) is 0 Å². The first-order valence-electron chi connectivity index (χ1n) is 4.93. The molecule has 0 aromatic carbocycles. The fraction of sp³-hybridized carbons (Fsp3) is 0.250. The second kappa shape index (κ2) is 7.30. The lowest BCUT2D eigenvalue weighted by Crippen LogP contribution is -2.32. The van der Waals surface area contributed by atoms with E-state index in [1.807, 2.05) is 17.5 Å². The molecule has 1 aromatic heterocycles. The second-order valence-electron chi connectivity index (χ2n) is 3.10. The van der Waals surface area contributed by atoms with E-state index in [-0.39, 0.29) is 5.91 Å². The van der Waals surface area contributed by atoms with Crippen LogP contribution in [0.25, 0.3) is 0 Å². The van der Waals surface area contributed by atoms with Crippen LogP contribution in [0.1, 0.15) is 0 Å². The van der Waals surface area contributed by atoms with Gasteiger partial charge in [0.05, 0.1) is 9.96 Å². The van der Waals surface area contributed by atoms with Crippen molar-refractivity contribution in [1.29, 1.82) is 0 Å². The summed E-state index contributed by atoms with van der Waals surface area (Å²) in [5.41, 5.74) is 0. The third-order valence-corrected chi connectivity index (χ3v) is 4.00. The minimum absolute atomic E-state index is 0.123. The molecule has 0 aliphatic heterocycles. The van der Waals surface area contributed by atoms with E-state index < -0.39 is 0 Å². The number of carbonyl (C=O) groups excluding carboxylic acids is 1. The lowest BCUT2D eigenvalue weighted by molar-refractivity contribution is -0.127. The molecule has 2 nitrogen and oxygen atoms in total. The fourth-order valence-electron chi connectivity index (χ4n) is 1.16. The van der Waals surface area contributed by atoms with E-state index in [2.05, 4.69) is 13.2 Å². The topological polar surface area (TPSA) is 20.3 Å². The summed E-state index contributed by atoms with van der Waals surface area (Å²) in [5, 5.41) is 2.01. The SMILES string of the molecule is C=CCN(CC=C)C(=O)CSc1cccs1. The Labute approximate surface area is 105 Å². The average molecular weight is 253 g/mol. The normalized spacial score (nSPS) is 9.75. The molecule has 1 amide bonds. The van der Waals surface area contributed by atoms with Gasteiger partial charge in [-0.25, -0.2) is 0 Å². The molecule has 0 bridgehead atoms. The minimum atomic E-state index is 0.123. The molecule has 1 rings (SSSR count). The van der Waals surface area contributed by atoms with Crippen LogP contribution in [0.5, 0.6) is 0 Å². The van der Waals surface area contributed by atoms with Gasteiger partial charge < -0.3 is 4.90 Å². The van der Waals surface area contributed by atoms with Crippen LogP contribution in [0.15, 0.2) is 47.0 Å². The summed E-state index contributed by atoms with van der Waals surface area (Å²) in [4.78, 5) is 13.6. The van der Waals surface area contributed by atoms with Crippen LogP contribution < -0.4 is 0 Å². The Morgan fingerprint density at radius 2 is 2.12 bits per heavy atom. The fourth-order valence-corrected chi connectivity index (χ4v) is 2.85. The van der Waals surface area contributed by atoms with Crippen molar-refractivity contribution in [3.63, 3.8) is 0 Å². The zero-order chi connectivity index (χ0) is 11.8. The molecule has 0 saturated carbocycles. The van der Waals surface area contributed by atoms with Crippen molar-refractivity contribution in [2.45, 2.75) is 4.21 Å². The molecular formula is C12H15NOS2. The molecule has 16 heavy (non-hydrogen) atoms. The van der Waals surface area contributed by atoms with E-state index in [0.29, 0.717) is 18.8 Å². The molecule has 86 valence electrons. The second-order valence-corrected chi connectivity index (χ2v) is 5.32. The summed E-state index contributed by atoms with van der Waals surface area (Å²) in [7, 11) is 0. The molecule has 4 heteroatoms. The smallest absolute Gasteiger partial charge is 0.233 e. The molecule has 1 aromatic rings. The Morgan fingerprint density at radius 3 is 2.62 bits per heavy atom. The quantitative estimate of drug-likeness (QED) is 0.550. The number of hydrogen-bond acceptors (Lipinski definition) is 3. The average Bonchev–Trinajstić information content (AvgIpc) is 2.78. The monoisotopic (exact) mass is 253 g/mol. The van der Waals surface area contributed by atoms with Crippen LogP contribution >= 0.6 is 23.1 Å². The van der Waals surface area contributed by atoms with Crippen molar-refractivity contribution >= 4 is 29.0 Å². The zero-order valence-electron chi connectivity index (χ0n) is 9.09. The predicted octanol–water partition coefficient (Wildman–Crippen LogP) is 3.04. The summed E-state index contributed by atoms with van der Waals surface area (Å²) < 4.78 is 1.17. The van der Waals surface area contributed by atoms with Gasteiger partial charge in [0.2, 0.25) is 5.91 Å². The molecule has 0 fully saturated rings. The maximum atomic E-state index is 11.8. The highest BCUT2D eigenvalue weighted by atomic mass is 32.2. The van der Waals surface area contributed by atoms with Crippen molar-refractivity contribution in [1.82, 2.24) is 4.90 Å². The number of thiophene rings is 1. The summed E-state index contributed by atoms with van der Waals surface area (Å²) >= 11 is 3.23. The van der Waals surface area contributed by atoms with Crippen LogP contribution in [-0.2, 0) is 4.79 Å². The van der Waals surface area contributed by atoms with Gasteiger partial charge in [-0.2, -0.15) is 0 Å². The molecule has 0 atom stereocenters. The van der Waals surface area contributed by atoms with E-state index in [0.717, 1.165) is 0 Å². The van der Waals surface area contributed by atoms with Crippen LogP contribution in [-0.4, -0.2) is 29.6 Å². The predicted molar refractivity (Wildman–Crippen MR) is 72.0 cm³/mol. The van der Waals surface area contributed by atoms with Crippen LogP contribution in [0.3, 0.4) is 0 Å². The summed E-state index contributed by atoms with van der Waals surface area (Å²) in [6.07, 6.45) is 3.47. The maximum absolute atomic E-state index is 11.8. The zero-order valence-corrected chi connectivity index (χ0v) is 10.7. The van der Waals surface area contributed by atoms with E-state index in [1.165, 1.54) is 4.21 Å². The van der Waals surface area contributed by atoms with Crippen molar-refractivity contribution in [3.8, 4) is 0 Å². The molecule has 0 aliphatic carbocycles. The van der Waals surface area contributed by atoms with Gasteiger partial charge in [-0.15, -0.1) is 36.3 Å². The first kappa shape index (κ1) is 13.1. The first-order chi connectivity index (χ1) is 7.77. The third-order valence-electron chi connectivity index (χ3n) is 1.88. The molecule has 0 N–H and O–H groups in total. The number of thioether (sulfide) groups is 1. The molecule has 0 unspecified atom stereocenters. The molecule has 0 saturated heterocycles. The van der Waals surface area contributed by atoms with Gasteiger partial charge in [0.15, 0.2) is 0 Å². The number of carbonyl (C=O) groups is 1. The number of amides is 1. The summed E-state index contributed by atoms with van der Waals surface area (Å²) in [6, 6.07) is 4.01. The molecule has 0 spiro atoms. The first-order valence-corrected chi connectivity index (χ1v) is 6.80. The highest BCUT2D eigenvalue weighted by molar-refractivity contribution is 8.01. The van der Waals surface area contributed by atoms with Crippen molar-refractivity contribution < 1.29 is 4.79 Å². The highest BCUT2D eigenvalue weighted by Gasteiger charge is 2.10. The van der Waals surface area contributed by atoms with Crippen LogP contribution in [0.4, 0.5) is 0 Å². The number of hydrogen-bond donors (Lipinski definition) is 0. The van der Waals surface area contributed by atoms with Gasteiger partial charge in [-0.1, -0.05) is 18.2 Å². The maximum Gasteiger partial charge on any atom is 0.233 e. The Hall–Kier alpha value is -1.00. The van der Waals surface area contributed by atoms with Gasteiger partial charge in [0, 0.05) is 13.1 Å². The van der Waals surface area contributed by atoms with E-state index >= 15 is 0 Å². The Balaban J connectivity index is 2.42. The molecule has 0 aliphatic rings. The Bertz CT molecular complexity index is 336. The molecular weight excluding hydrogens is 238 g/mol.